The average Bonchev–Trinajstić information content (AvgIpc) is 3.34. The molecule has 0 N–H and O–H groups in total. The van der Waals surface area contributed by atoms with E-state index in [0.717, 1.165) is 12.8 Å². The molecule has 5 rings (SSSR count). The van der Waals surface area contributed by atoms with Crippen molar-refractivity contribution in [3.63, 3.8) is 0 Å². The van der Waals surface area contributed by atoms with E-state index in [9.17, 15) is 4.79 Å². The van der Waals surface area contributed by atoms with Gasteiger partial charge in [0.25, 0.3) is 0 Å². The molecule has 0 bridgehead atoms. The van der Waals surface area contributed by atoms with Gasteiger partial charge in [-0.15, -0.1) is 5.10 Å². The third kappa shape index (κ3) is 3.97. The molecule has 1 unspecified atom stereocenters. The number of aromatic nitrogens is 4. The number of fused-ring (bicyclic) bond motifs is 1. The fraction of sp³-hybridized carbons (Fsp3) is 0.565. The summed E-state index contributed by atoms with van der Waals surface area (Å²) in [7, 11) is 0. The van der Waals surface area contributed by atoms with Crippen LogP contribution in [0.1, 0.15) is 63.4 Å². The predicted molar refractivity (Wildman–Crippen MR) is 119 cm³/mol. The minimum Gasteiger partial charge on any atom is -0.474 e. The summed E-state index contributed by atoms with van der Waals surface area (Å²) in [5.41, 5.74) is 0.370. The van der Waals surface area contributed by atoms with Gasteiger partial charge in [-0.25, -0.2) is 4.68 Å². The van der Waals surface area contributed by atoms with Crippen LogP contribution in [-0.4, -0.2) is 46.5 Å². The highest BCUT2D eigenvalue weighted by Gasteiger charge is 2.30. The minimum atomic E-state index is -0.448. The number of rotatable bonds is 6. The molecule has 2 aromatic heterocycles. The van der Waals surface area contributed by atoms with E-state index in [0.29, 0.717) is 55.4 Å². The van der Waals surface area contributed by atoms with Crippen LogP contribution in [-0.2, 0) is 4.74 Å². The maximum atomic E-state index is 13.5. The van der Waals surface area contributed by atoms with Gasteiger partial charge in [0.05, 0.1) is 24.6 Å². The third-order valence-corrected chi connectivity index (χ3v) is 6.39. The van der Waals surface area contributed by atoms with Crippen molar-refractivity contribution in [1.82, 2.24) is 20.2 Å². The van der Waals surface area contributed by atoms with Gasteiger partial charge < -0.3 is 18.8 Å². The Balaban J connectivity index is 1.54. The molecule has 1 atom stereocenters. The molecular formula is C23H29N5O4. The summed E-state index contributed by atoms with van der Waals surface area (Å²) in [6, 6.07) is 7.55. The topological polar surface area (TPSA) is 95.5 Å². The van der Waals surface area contributed by atoms with Crippen LogP contribution in [0.25, 0.3) is 11.0 Å². The summed E-state index contributed by atoms with van der Waals surface area (Å²) in [5.74, 6) is 1.34. The Morgan fingerprint density at radius 1 is 1.16 bits per heavy atom. The van der Waals surface area contributed by atoms with E-state index in [1.54, 1.807) is 6.07 Å². The Labute approximate surface area is 186 Å². The SMILES string of the molecule is CCC(Oc1c(N2CCOCC2)oc2ccccc2c1=O)c1nnnn1C1CCCCC1. The van der Waals surface area contributed by atoms with Crippen molar-refractivity contribution in [1.29, 1.82) is 0 Å². The number of hydrogen-bond acceptors (Lipinski definition) is 8. The van der Waals surface area contributed by atoms with E-state index in [-0.39, 0.29) is 17.2 Å². The molecule has 1 aliphatic heterocycles. The average molecular weight is 440 g/mol. The van der Waals surface area contributed by atoms with E-state index in [2.05, 4.69) is 15.5 Å². The molecule has 1 aromatic carbocycles. The van der Waals surface area contributed by atoms with Crippen molar-refractivity contribution in [3.05, 3.63) is 40.3 Å². The second kappa shape index (κ2) is 9.28. The Morgan fingerprint density at radius 3 is 2.72 bits per heavy atom. The number of anilines is 1. The van der Waals surface area contributed by atoms with Crippen LogP contribution < -0.4 is 15.1 Å². The quantitative estimate of drug-likeness (QED) is 0.574. The smallest absolute Gasteiger partial charge is 0.243 e. The molecule has 2 fully saturated rings. The molecule has 0 radical (unpaired) electrons. The first kappa shape index (κ1) is 20.9. The maximum absolute atomic E-state index is 13.5. The first-order valence-corrected chi connectivity index (χ1v) is 11.6. The monoisotopic (exact) mass is 439 g/mol. The van der Waals surface area contributed by atoms with Crippen LogP contribution in [0.5, 0.6) is 5.75 Å². The fourth-order valence-corrected chi connectivity index (χ4v) is 4.65. The number of para-hydroxylation sites is 1. The van der Waals surface area contributed by atoms with Crippen molar-refractivity contribution < 1.29 is 13.9 Å². The van der Waals surface area contributed by atoms with Crippen LogP contribution in [0, 0.1) is 0 Å². The number of nitrogens with zero attached hydrogens (tertiary/aromatic N) is 5. The molecule has 1 saturated carbocycles. The molecular weight excluding hydrogens is 410 g/mol. The highest BCUT2D eigenvalue weighted by atomic mass is 16.5. The van der Waals surface area contributed by atoms with Crippen molar-refractivity contribution in [3.8, 4) is 5.75 Å². The van der Waals surface area contributed by atoms with E-state index in [4.69, 9.17) is 13.9 Å². The molecule has 0 amide bonds. The number of ether oxygens (including phenoxy) is 2. The van der Waals surface area contributed by atoms with Gasteiger partial charge in [-0.1, -0.05) is 38.3 Å². The van der Waals surface area contributed by atoms with E-state index in [1.165, 1.54) is 19.3 Å². The molecule has 32 heavy (non-hydrogen) atoms. The fourth-order valence-electron chi connectivity index (χ4n) is 4.65. The summed E-state index contributed by atoms with van der Waals surface area (Å²) in [6.07, 6.45) is 5.91. The number of morpholine rings is 1. The second-order valence-electron chi connectivity index (χ2n) is 8.45. The van der Waals surface area contributed by atoms with Gasteiger partial charge in [0.2, 0.25) is 17.1 Å². The molecule has 0 spiro atoms. The van der Waals surface area contributed by atoms with Crippen LogP contribution in [0.15, 0.2) is 33.5 Å². The molecule has 170 valence electrons. The van der Waals surface area contributed by atoms with Crippen LogP contribution in [0.3, 0.4) is 0 Å². The van der Waals surface area contributed by atoms with Gasteiger partial charge in [0.1, 0.15) is 5.58 Å². The molecule has 3 aromatic rings. The minimum absolute atomic E-state index is 0.177. The lowest BCUT2D eigenvalue weighted by Crippen LogP contribution is -2.37. The lowest BCUT2D eigenvalue weighted by molar-refractivity contribution is 0.119. The first-order valence-electron chi connectivity index (χ1n) is 11.6. The highest BCUT2D eigenvalue weighted by molar-refractivity contribution is 5.80. The number of benzene rings is 1. The van der Waals surface area contributed by atoms with Crippen molar-refractivity contribution in [2.45, 2.75) is 57.6 Å². The van der Waals surface area contributed by atoms with Crippen molar-refractivity contribution >= 4 is 16.9 Å². The van der Waals surface area contributed by atoms with E-state index >= 15 is 0 Å². The molecule has 2 aliphatic rings. The Morgan fingerprint density at radius 2 is 1.94 bits per heavy atom. The van der Waals surface area contributed by atoms with Gasteiger partial charge in [0.15, 0.2) is 11.9 Å². The lowest BCUT2D eigenvalue weighted by atomic mass is 9.95. The van der Waals surface area contributed by atoms with Gasteiger partial charge in [0, 0.05) is 13.1 Å². The van der Waals surface area contributed by atoms with Crippen LogP contribution in [0.2, 0.25) is 0 Å². The second-order valence-corrected chi connectivity index (χ2v) is 8.45. The Kier molecular flexibility index (Phi) is 6.07. The molecule has 9 heteroatoms. The van der Waals surface area contributed by atoms with E-state index in [1.807, 2.05) is 34.7 Å². The van der Waals surface area contributed by atoms with Crippen LogP contribution >= 0.6 is 0 Å². The zero-order valence-electron chi connectivity index (χ0n) is 18.4. The van der Waals surface area contributed by atoms with Gasteiger partial charge in [-0.05, 0) is 41.8 Å². The zero-order valence-corrected chi connectivity index (χ0v) is 18.4. The predicted octanol–water partition coefficient (Wildman–Crippen LogP) is 3.65. The van der Waals surface area contributed by atoms with Crippen molar-refractivity contribution in [2.24, 2.45) is 0 Å². The van der Waals surface area contributed by atoms with Gasteiger partial charge >= 0.3 is 0 Å². The van der Waals surface area contributed by atoms with Crippen molar-refractivity contribution in [2.75, 3.05) is 31.2 Å². The zero-order chi connectivity index (χ0) is 21.9. The summed E-state index contributed by atoms with van der Waals surface area (Å²) >= 11 is 0. The number of tetrazole rings is 1. The number of hydrogen-bond donors (Lipinski definition) is 0. The summed E-state index contributed by atoms with van der Waals surface area (Å²) < 4.78 is 20.0. The summed E-state index contributed by atoms with van der Waals surface area (Å²) in [6.45, 7) is 4.43. The lowest BCUT2D eigenvalue weighted by Gasteiger charge is -2.29. The summed E-state index contributed by atoms with van der Waals surface area (Å²) in [5, 5.41) is 13.0. The summed E-state index contributed by atoms with van der Waals surface area (Å²) in [4.78, 5) is 15.5. The van der Waals surface area contributed by atoms with Gasteiger partial charge in [-0.2, -0.15) is 0 Å². The molecule has 3 heterocycles. The highest BCUT2D eigenvalue weighted by Crippen LogP contribution is 2.35. The molecule has 1 saturated heterocycles. The first-order chi connectivity index (χ1) is 15.8. The normalized spacial score (nSPS) is 18.7. The van der Waals surface area contributed by atoms with E-state index < -0.39 is 6.10 Å². The van der Waals surface area contributed by atoms with Gasteiger partial charge in [-0.3, -0.25) is 4.79 Å². The maximum Gasteiger partial charge on any atom is 0.243 e. The largest absolute Gasteiger partial charge is 0.474 e. The van der Waals surface area contributed by atoms with Crippen LogP contribution in [0.4, 0.5) is 5.88 Å². The standard InChI is InChI=1S/C23H29N5O4/c1-2-18(22-24-25-26-28(22)16-8-4-3-5-9-16)31-21-20(29)17-10-6-7-11-19(17)32-23(21)27-12-14-30-15-13-27/h6-7,10-11,16,18H,2-5,8-9,12-15H2,1H3. The third-order valence-electron chi connectivity index (χ3n) is 6.39. The Bertz CT molecular complexity index is 1120. The molecule has 1 aliphatic carbocycles. The molecule has 9 nitrogen and oxygen atoms in total. The Hall–Kier alpha value is -2.94.